The molecule has 1 N–H and O–H groups in total. The number of rotatable bonds is 7. The van der Waals surface area contributed by atoms with E-state index in [-0.39, 0.29) is 6.61 Å². The van der Waals surface area contributed by atoms with Crippen LogP contribution >= 0.6 is 11.3 Å². The van der Waals surface area contributed by atoms with Crippen molar-refractivity contribution in [2.45, 2.75) is 97.1 Å². The third kappa shape index (κ3) is 5.00. The van der Waals surface area contributed by atoms with Crippen molar-refractivity contribution in [1.29, 1.82) is 0 Å². The van der Waals surface area contributed by atoms with Gasteiger partial charge < -0.3 is 5.11 Å². The molecule has 0 unspecified atom stereocenters. The molecule has 4 rings (SSSR count). The van der Waals surface area contributed by atoms with E-state index < -0.39 is 0 Å². The Morgan fingerprint density at radius 3 is 2.55 bits per heavy atom. The summed E-state index contributed by atoms with van der Waals surface area (Å²) in [6.45, 7) is 8.95. The average Bonchev–Trinajstić information content (AvgIpc) is 3.34. The lowest BCUT2D eigenvalue weighted by atomic mass is 9.73. The molecule has 0 amide bonds. The summed E-state index contributed by atoms with van der Waals surface area (Å²) in [5, 5.41) is 10.6. The fraction of sp³-hybridized carbons (Fsp3) is 0.750. The first-order valence-corrected chi connectivity index (χ1v) is 12.4. The summed E-state index contributed by atoms with van der Waals surface area (Å²) in [5.74, 6) is 1.58. The highest BCUT2D eigenvalue weighted by Gasteiger charge is 2.29. The molecule has 2 aliphatic rings. The number of aromatic nitrogens is 2. The van der Waals surface area contributed by atoms with Crippen molar-refractivity contribution in [3.05, 3.63) is 22.5 Å². The standard InChI is InChI=1S/C24H37N3OS/c1-17-25-21(16-27(13-6-14-28)19-7-4-5-8-19)20-15-22(29-23(20)26-17)18-9-11-24(2,3)12-10-18/h15,18-19,28H,4-14,16H2,1-3H3. The van der Waals surface area contributed by atoms with Crippen LogP contribution in [0.15, 0.2) is 6.07 Å². The summed E-state index contributed by atoms with van der Waals surface area (Å²) in [6, 6.07) is 3.06. The molecule has 2 aromatic heterocycles. The summed E-state index contributed by atoms with van der Waals surface area (Å²) in [7, 11) is 0. The van der Waals surface area contributed by atoms with Crippen LogP contribution in [0.3, 0.4) is 0 Å². The maximum Gasteiger partial charge on any atom is 0.127 e. The second-order valence-corrected chi connectivity index (χ2v) is 11.1. The summed E-state index contributed by atoms with van der Waals surface area (Å²) in [4.78, 5) is 14.9. The van der Waals surface area contributed by atoms with E-state index in [4.69, 9.17) is 9.97 Å². The minimum absolute atomic E-state index is 0.266. The van der Waals surface area contributed by atoms with E-state index in [1.165, 1.54) is 72.2 Å². The van der Waals surface area contributed by atoms with Gasteiger partial charge in [0, 0.05) is 36.0 Å². The third-order valence-corrected chi connectivity index (χ3v) is 8.33. The largest absolute Gasteiger partial charge is 0.396 e. The van der Waals surface area contributed by atoms with Crippen molar-refractivity contribution < 1.29 is 5.11 Å². The third-order valence-electron chi connectivity index (χ3n) is 7.14. The lowest BCUT2D eigenvalue weighted by molar-refractivity contribution is 0.166. The highest BCUT2D eigenvalue weighted by molar-refractivity contribution is 7.18. The highest BCUT2D eigenvalue weighted by atomic mass is 32.1. The van der Waals surface area contributed by atoms with E-state index >= 15 is 0 Å². The van der Waals surface area contributed by atoms with Crippen LogP contribution in [0.2, 0.25) is 0 Å². The van der Waals surface area contributed by atoms with Crippen molar-refractivity contribution in [1.82, 2.24) is 14.9 Å². The van der Waals surface area contributed by atoms with Crippen molar-refractivity contribution in [3.8, 4) is 0 Å². The zero-order valence-electron chi connectivity index (χ0n) is 18.4. The molecule has 0 saturated heterocycles. The fourth-order valence-electron chi connectivity index (χ4n) is 5.25. The Balaban J connectivity index is 1.59. The van der Waals surface area contributed by atoms with E-state index in [2.05, 4.69) is 24.8 Å². The molecule has 0 spiro atoms. The zero-order valence-corrected chi connectivity index (χ0v) is 19.2. The average molecular weight is 416 g/mol. The molecule has 0 atom stereocenters. The molecule has 4 nitrogen and oxygen atoms in total. The first-order valence-electron chi connectivity index (χ1n) is 11.6. The fourth-order valence-corrected chi connectivity index (χ4v) is 6.52. The van der Waals surface area contributed by atoms with Crippen LogP contribution in [-0.4, -0.2) is 39.2 Å². The molecule has 160 valence electrons. The zero-order chi connectivity index (χ0) is 20.4. The lowest BCUT2D eigenvalue weighted by Crippen LogP contribution is -2.34. The first kappa shape index (κ1) is 21.2. The van der Waals surface area contributed by atoms with Crippen LogP contribution in [-0.2, 0) is 6.54 Å². The molecule has 0 aromatic carbocycles. The van der Waals surface area contributed by atoms with Gasteiger partial charge in [0.25, 0.3) is 0 Å². The number of nitrogens with zero attached hydrogens (tertiary/aromatic N) is 3. The second-order valence-electron chi connectivity index (χ2n) is 10.0. The summed E-state index contributed by atoms with van der Waals surface area (Å²) >= 11 is 1.90. The maximum atomic E-state index is 9.37. The van der Waals surface area contributed by atoms with Crippen LogP contribution in [0.25, 0.3) is 10.2 Å². The lowest BCUT2D eigenvalue weighted by Gasteiger charge is -2.33. The van der Waals surface area contributed by atoms with E-state index in [0.717, 1.165) is 25.3 Å². The maximum absolute atomic E-state index is 9.37. The molecular formula is C24H37N3OS. The van der Waals surface area contributed by atoms with Gasteiger partial charge in [0.05, 0.1) is 5.69 Å². The summed E-state index contributed by atoms with van der Waals surface area (Å²) in [6.07, 6.45) is 11.3. The smallest absolute Gasteiger partial charge is 0.127 e. The number of fused-ring (bicyclic) bond motifs is 1. The monoisotopic (exact) mass is 415 g/mol. The molecule has 0 aliphatic heterocycles. The quantitative estimate of drug-likeness (QED) is 0.620. The van der Waals surface area contributed by atoms with Crippen LogP contribution < -0.4 is 0 Å². The number of aliphatic hydroxyl groups is 1. The van der Waals surface area contributed by atoms with E-state index in [9.17, 15) is 5.11 Å². The van der Waals surface area contributed by atoms with Crippen molar-refractivity contribution >= 4 is 21.6 Å². The number of aryl methyl sites for hydroxylation is 1. The van der Waals surface area contributed by atoms with Gasteiger partial charge >= 0.3 is 0 Å². The minimum Gasteiger partial charge on any atom is -0.396 e. The van der Waals surface area contributed by atoms with Crippen molar-refractivity contribution in [2.24, 2.45) is 5.41 Å². The Morgan fingerprint density at radius 1 is 1.14 bits per heavy atom. The predicted molar refractivity (Wildman–Crippen MR) is 122 cm³/mol. The second kappa shape index (κ2) is 8.99. The Bertz CT molecular complexity index is 815. The highest BCUT2D eigenvalue weighted by Crippen LogP contribution is 2.45. The summed E-state index contributed by atoms with van der Waals surface area (Å²) < 4.78 is 0. The van der Waals surface area contributed by atoms with Crippen LogP contribution in [0.5, 0.6) is 0 Å². The minimum atomic E-state index is 0.266. The topological polar surface area (TPSA) is 49.2 Å². The normalized spacial score (nSPS) is 20.9. The van der Waals surface area contributed by atoms with Crippen LogP contribution in [0.1, 0.15) is 93.9 Å². The van der Waals surface area contributed by atoms with Gasteiger partial charge in [-0.3, -0.25) is 4.90 Å². The Morgan fingerprint density at radius 2 is 1.86 bits per heavy atom. The summed E-state index contributed by atoms with van der Waals surface area (Å²) in [5.41, 5.74) is 1.69. The van der Waals surface area contributed by atoms with Crippen molar-refractivity contribution in [2.75, 3.05) is 13.2 Å². The van der Waals surface area contributed by atoms with Crippen molar-refractivity contribution in [3.63, 3.8) is 0 Å². The first-order chi connectivity index (χ1) is 13.9. The Labute approximate surface area is 179 Å². The molecule has 5 heteroatoms. The Hall–Kier alpha value is -1.04. The molecule has 29 heavy (non-hydrogen) atoms. The van der Waals surface area contributed by atoms with E-state index in [1.54, 1.807) is 0 Å². The number of aliphatic hydroxyl groups excluding tert-OH is 1. The van der Waals surface area contributed by atoms with E-state index in [0.29, 0.717) is 17.4 Å². The van der Waals surface area contributed by atoms with Gasteiger partial charge in [0.1, 0.15) is 10.7 Å². The number of hydrogen-bond acceptors (Lipinski definition) is 5. The molecule has 0 bridgehead atoms. The van der Waals surface area contributed by atoms with Gasteiger partial charge in [-0.1, -0.05) is 26.7 Å². The van der Waals surface area contributed by atoms with Crippen LogP contribution in [0, 0.1) is 12.3 Å². The van der Waals surface area contributed by atoms with Crippen LogP contribution in [0.4, 0.5) is 0 Å². The predicted octanol–water partition coefficient (Wildman–Crippen LogP) is 5.81. The van der Waals surface area contributed by atoms with Gasteiger partial charge in [-0.15, -0.1) is 11.3 Å². The molecule has 0 radical (unpaired) electrons. The SMILES string of the molecule is Cc1nc(CN(CCCO)C2CCCC2)c2cc(C3CCC(C)(C)CC3)sc2n1. The molecule has 2 aliphatic carbocycles. The molecule has 2 fully saturated rings. The molecular weight excluding hydrogens is 378 g/mol. The van der Waals surface area contributed by atoms with Gasteiger partial charge in [-0.05, 0) is 69.3 Å². The molecule has 2 heterocycles. The number of thiophene rings is 1. The van der Waals surface area contributed by atoms with Gasteiger partial charge in [0.2, 0.25) is 0 Å². The van der Waals surface area contributed by atoms with Gasteiger partial charge in [-0.25, -0.2) is 9.97 Å². The molecule has 2 saturated carbocycles. The number of hydrogen-bond donors (Lipinski definition) is 1. The van der Waals surface area contributed by atoms with Gasteiger partial charge in [-0.2, -0.15) is 0 Å². The Kier molecular flexibility index (Phi) is 6.57. The van der Waals surface area contributed by atoms with E-state index in [1.807, 2.05) is 18.3 Å². The molecule has 2 aromatic rings. The van der Waals surface area contributed by atoms with Gasteiger partial charge in [0.15, 0.2) is 0 Å².